The Labute approximate surface area is 201 Å². The molecule has 1 aliphatic heterocycles. The fourth-order valence-corrected chi connectivity index (χ4v) is 4.19. The van der Waals surface area contributed by atoms with Crippen molar-refractivity contribution in [3.8, 4) is 17.2 Å². The molecule has 0 spiro atoms. The lowest BCUT2D eigenvalue weighted by Crippen LogP contribution is -2.29. The van der Waals surface area contributed by atoms with Gasteiger partial charge in [0.25, 0.3) is 11.7 Å². The van der Waals surface area contributed by atoms with Gasteiger partial charge < -0.3 is 19.7 Å². The zero-order valence-corrected chi connectivity index (χ0v) is 19.5. The SMILES string of the molecule is COc1ccc(N2C(=O)C(=O)/C(=C(/O)c3cc(C)ccc3OC)C2c2ccc(O)c(Cl)c2)cc1. The highest BCUT2D eigenvalue weighted by Gasteiger charge is 2.47. The number of Topliss-reactive ketones (excluding diaryl/α,β-unsaturated/α-hetero) is 1. The summed E-state index contributed by atoms with van der Waals surface area (Å²) in [4.78, 5) is 27.8. The Bertz CT molecular complexity index is 1320. The number of aromatic hydroxyl groups is 1. The molecule has 3 aromatic carbocycles. The molecule has 1 aliphatic rings. The van der Waals surface area contributed by atoms with Crippen LogP contribution in [0.5, 0.6) is 17.2 Å². The van der Waals surface area contributed by atoms with E-state index in [2.05, 4.69) is 0 Å². The number of phenols is 1. The van der Waals surface area contributed by atoms with Crippen LogP contribution in [-0.2, 0) is 9.59 Å². The van der Waals surface area contributed by atoms with E-state index in [0.29, 0.717) is 22.7 Å². The summed E-state index contributed by atoms with van der Waals surface area (Å²) in [5.74, 6) is -1.26. The molecule has 3 aromatic rings. The molecule has 0 bridgehead atoms. The third kappa shape index (κ3) is 3.95. The van der Waals surface area contributed by atoms with Crippen LogP contribution < -0.4 is 14.4 Å². The van der Waals surface area contributed by atoms with Crippen molar-refractivity contribution in [2.75, 3.05) is 19.1 Å². The number of amides is 1. The Hall–Kier alpha value is -3.97. The molecule has 2 N–H and O–H groups in total. The molecule has 1 atom stereocenters. The Kier molecular flexibility index (Phi) is 6.22. The number of phenolic OH excluding ortho intramolecular Hbond substituents is 1. The van der Waals surface area contributed by atoms with Gasteiger partial charge in [-0.25, -0.2) is 0 Å². The van der Waals surface area contributed by atoms with Crippen molar-refractivity contribution in [3.63, 3.8) is 0 Å². The van der Waals surface area contributed by atoms with Gasteiger partial charge >= 0.3 is 0 Å². The van der Waals surface area contributed by atoms with Crippen molar-refractivity contribution in [2.24, 2.45) is 0 Å². The zero-order chi connectivity index (χ0) is 24.6. The summed E-state index contributed by atoms with van der Waals surface area (Å²) in [5.41, 5.74) is 1.85. The molecule has 1 unspecified atom stereocenters. The van der Waals surface area contributed by atoms with Crippen LogP contribution >= 0.6 is 11.6 Å². The van der Waals surface area contributed by atoms with E-state index in [-0.39, 0.29) is 27.7 Å². The van der Waals surface area contributed by atoms with E-state index in [0.717, 1.165) is 5.56 Å². The maximum absolute atomic E-state index is 13.3. The average molecular weight is 480 g/mol. The highest BCUT2D eigenvalue weighted by Crippen LogP contribution is 2.44. The number of anilines is 1. The Balaban J connectivity index is 1.98. The van der Waals surface area contributed by atoms with Gasteiger partial charge in [0, 0.05) is 5.69 Å². The lowest BCUT2D eigenvalue weighted by molar-refractivity contribution is -0.132. The molecular formula is C26H22ClNO6. The molecule has 4 rings (SSSR count). The number of halogens is 1. The number of nitrogens with zero attached hydrogens (tertiary/aromatic N) is 1. The number of ketones is 1. The summed E-state index contributed by atoms with van der Waals surface area (Å²) in [6, 6.07) is 15.2. The van der Waals surface area contributed by atoms with E-state index >= 15 is 0 Å². The van der Waals surface area contributed by atoms with Gasteiger partial charge in [0.15, 0.2) is 0 Å². The predicted octanol–water partition coefficient (Wildman–Crippen LogP) is 5.00. The van der Waals surface area contributed by atoms with Gasteiger partial charge in [0.1, 0.15) is 23.0 Å². The average Bonchev–Trinajstić information content (AvgIpc) is 3.10. The number of rotatable bonds is 5. The first-order chi connectivity index (χ1) is 16.3. The van der Waals surface area contributed by atoms with Crippen LogP contribution in [0.25, 0.3) is 5.76 Å². The number of aliphatic hydroxyl groups is 1. The highest BCUT2D eigenvalue weighted by molar-refractivity contribution is 6.51. The lowest BCUT2D eigenvalue weighted by Gasteiger charge is -2.26. The van der Waals surface area contributed by atoms with Crippen molar-refractivity contribution in [3.05, 3.63) is 87.9 Å². The molecular weight excluding hydrogens is 458 g/mol. The smallest absolute Gasteiger partial charge is 0.300 e. The molecule has 174 valence electrons. The third-order valence-electron chi connectivity index (χ3n) is 5.69. The number of hydrogen-bond donors (Lipinski definition) is 2. The van der Waals surface area contributed by atoms with Crippen LogP contribution in [0.2, 0.25) is 5.02 Å². The summed E-state index contributed by atoms with van der Waals surface area (Å²) in [6.45, 7) is 1.84. The molecule has 34 heavy (non-hydrogen) atoms. The minimum atomic E-state index is -1.00. The molecule has 1 heterocycles. The zero-order valence-electron chi connectivity index (χ0n) is 18.7. The number of ether oxygens (including phenoxy) is 2. The molecule has 8 heteroatoms. The Morgan fingerprint density at radius 3 is 2.29 bits per heavy atom. The van der Waals surface area contributed by atoms with Crippen molar-refractivity contribution in [2.45, 2.75) is 13.0 Å². The van der Waals surface area contributed by atoms with Crippen molar-refractivity contribution in [1.82, 2.24) is 0 Å². The minimum absolute atomic E-state index is 0.0472. The van der Waals surface area contributed by atoms with E-state index in [9.17, 15) is 19.8 Å². The quantitative estimate of drug-likeness (QED) is 0.304. The Morgan fingerprint density at radius 2 is 1.68 bits per heavy atom. The van der Waals surface area contributed by atoms with Crippen molar-refractivity contribution >= 4 is 34.7 Å². The predicted molar refractivity (Wildman–Crippen MR) is 129 cm³/mol. The largest absolute Gasteiger partial charge is 0.507 e. The number of aliphatic hydroxyl groups excluding tert-OH is 1. The van der Waals surface area contributed by atoms with Gasteiger partial charge in [0.05, 0.1) is 36.4 Å². The van der Waals surface area contributed by atoms with Gasteiger partial charge in [0.2, 0.25) is 0 Å². The number of hydrogen-bond acceptors (Lipinski definition) is 6. The number of carbonyl (C=O) groups excluding carboxylic acids is 2. The standard InChI is InChI=1S/C26H22ClNO6/c1-14-4-11-21(34-3)18(12-14)24(30)22-23(15-5-10-20(29)19(27)13-15)28(26(32)25(22)31)16-6-8-17(33-2)9-7-16/h4-13,23,29-30H,1-3H3/b24-22+. The van der Waals surface area contributed by atoms with E-state index in [4.69, 9.17) is 21.1 Å². The van der Waals surface area contributed by atoms with Gasteiger partial charge in [-0.15, -0.1) is 0 Å². The lowest BCUT2D eigenvalue weighted by atomic mass is 9.94. The summed E-state index contributed by atoms with van der Waals surface area (Å²) < 4.78 is 10.6. The first-order valence-electron chi connectivity index (χ1n) is 10.3. The topological polar surface area (TPSA) is 96.3 Å². The molecule has 0 saturated carbocycles. The second-order valence-electron chi connectivity index (χ2n) is 7.78. The van der Waals surface area contributed by atoms with Crippen molar-refractivity contribution in [1.29, 1.82) is 0 Å². The van der Waals surface area contributed by atoms with Gasteiger partial charge in [-0.1, -0.05) is 29.3 Å². The van der Waals surface area contributed by atoms with Crippen LogP contribution in [0.3, 0.4) is 0 Å². The van der Waals surface area contributed by atoms with Crippen LogP contribution in [0.1, 0.15) is 22.7 Å². The molecule has 7 nitrogen and oxygen atoms in total. The maximum atomic E-state index is 13.3. The first kappa shape index (κ1) is 23.2. The van der Waals surface area contributed by atoms with Crippen LogP contribution in [0, 0.1) is 6.92 Å². The van der Waals surface area contributed by atoms with E-state index < -0.39 is 17.7 Å². The molecule has 0 aliphatic carbocycles. The van der Waals surface area contributed by atoms with E-state index in [1.165, 1.54) is 31.3 Å². The number of benzene rings is 3. The van der Waals surface area contributed by atoms with Crippen LogP contribution in [0.4, 0.5) is 5.69 Å². The summed E-state index contributed by atoms with van der Waals surface area (Å²) in [7, 11) is 2.98. The first-order valence-corrected chi connectivity index (χ1v) is 10.7. The van der Waals surface area contributed by atoms with Gasteiger partial charge in [-0.05, 0) is 61.0 Å². The minimum Gasteiger partial charge on any atom is -0.507 e. The van der Waals surface area contributed by atoms with Gasteiger partial charge in [-0.3, -0.25) is 14.5 Å². The monoisotopic (exact) mass is 479 g/mol. The van der Waals surface area contributed by atoms with E-state index in [1.54, 1.807) is 42.5 Å². The summed E-state index contributed by atoms with van der Waals surface area (Å²) in [5, 5.41) is 21.3. The van der Waals surface area contributed by atoms with E-state index in [1.807, 2.05) is 13.0 Å². The molecule has 0 radical (unpaired) electrons. The molecule has 1 saturated heterocycles. The third-order valence-corrected chi connectivity index (χ3v) is 6.00. The second-order valence-corrected chi connectivity index (χ2v) is 8.19. The highest BCUT2D eigenvalue weighted by atomic mass is 35.5. The maximum Gasteiger partial charge on any atom is 0.300 e. The molecule has 1 fully saturated rings. The van der Waals surface area contributed by atoms with Crippen molar-refractivity contribution < 1.29 is 29.3 Å². The van der Waals surface area contributed by atoms with Crippen LogP contribution in [0.15, 0.2) is 66.2 Å². The second kappa shape index (κ2) is 9.11. The summed E-state index contributed by atoms with van der Waals surface area (Å²) in [6.07, 6.45) is 0. The molecule has 1 amide bonds. The normalized spacial score (nSPS) is 17.2. The number of methoxy groups -OCH3 is 2. The molecule has 0 aromatic heterocycles. The number of aryl methyl sites for hydroxylation is 1. The van der Waals surface area contributed by atoms with Gasteiger partial charge in [-0.2, -0.15) is 0 Å². The summed E-state index contributed by atoms with van der Waals surface area (Å²) >= 11 is 6.16. The Morgan fingerprint density at radius 1 is 0.971 bits per heavy atom. The fraction of sp³-hybridized carbons (Fsp3) is 0.154. The number of carbonyl (C=O) groups is 2. The fourth-order valence-electron chi connectivity index (χ4n) is 4.00. The van der Waals surface area contributed by atoms with Crippen LogP contribution in [-0.4, -0.2) is 36.1 Å².